The maximum Gasteiger partial charge on any atom is 0.242 e. The average molecular weight is 258 g/mol. The van der Waals surface area contributed by atoms with Crippen molar-refractivity contribution in [3.05, 3.63) is 22.9 Å². The van der Waals surface area contributed by atoms with Crippen LogP contribution < -0.4 is 10.2 Å². The third kappa shape index (κ3) is 2.39. The number of aromatic nitrogens is 1. The molecule has 1 aliphatic heterocycles. The third-order valence-electron chi connectivity index (χ3n) is 3.51. The molecule has 0 spiro atoms. The molecule has 1 saturated heterocycles. The molecule has 2 rings (SSSR count). The van der Waals surface area contributed by atoms with Crippen molar-refractivity contribution in [2.75, 3.05) is 18.5 Å². The number of hydrogen-bond acceptors (Lipinski definition) is 4. The molecule has 1 aliphatic rings. The van der Waals surface area contributed by atoms with E-state index in [1.54, 1.807) is 7.05 Å². The minimum absolute atomic E-state index is 0.0117. The highest BCUT2D eigenvalue weighted by Gasteiger charge is 2.32. The minimum atomic E-state index is -0.217. The lowest BCUT2D eigenvalue weighted by atomic mass is 10.1. The summed E-state index contributed by atoms with van der Waals surface area (Å²) in [7, 11) is 1.64. The topological polar surface area (TPSA) is 69.0 Å². The predicted molar refractivity (Wildman–Crippen MR) is 72.9 cm³/mol. The van der Waals surface area contributed by atoms with Crippen LogP contribution in [0.5, 0.6) is 0 Å². The molecule has 1 N–H and O–H groups in total. The minimum Gasteiger partial charge on any atom is -0.357 e. The van der Waals surface area contributed by atoms with Gasteiger partial charge in [0.1, 0.15) is 17.9 Å². The van der Waals surface area contributed by atoms with Gasteiger partial charge in [0.15, 0.2) is 0 Å². The summed E-state index contributed by atoms with van der Waals surface area (Å²) in [5.41, 5.74) is 2.35. The van der Waals surface area contributed by atoms with Crippen LogP contribution in [0, 0.1) is 25.2 Å². The molecule has 0 radical (unpaired) electrons. The molecule has 100 valence electrons. The van der Waals surface area contributed by atoms with Crippen LogP contribution in [0.3, 0.4) is 0 Å². The fourth-order valence-electron chi connectivity index (χ4n) is 2.62. The normalized spacial score (nSPS) is 18.2. The maximum atomic E-state index is 11.9. The van der Waals surface area contributed by atoms with E-state index in [2.05, 4.69) is 16.4 Å². The summed E-state index contributed by atoms with van der Waals surface area (Å²) in [6.07, 6.45) is 1.75. The van der Waals surface area contributed by atoms with Crippen molar-refractivity contribution < 1.29 is 4.79 Å². The van der Waals surface area contributed by atoms with E-state index >= 15 is 0 Å². The lowest BCUT2D eigenvalue weighted by Crippen LogP contribution is -2.42. The number of hydrogen-bond donors (Lipinski definition) is 1. The predicted octanol–water partition coefficient (Wildman–Crippen LogP) is 1.28. The molecule has 5 heteroatoms. The molecule has 1 unspecified atom stereocenters. The van der Waals surface area contributed by atoms with Crippen molar-refractivity contribution in [3.63, 3.8) is 0 Å². The number of carbonyl (C=O) groups is 1. The van der Waals surface area contributed by atoms with Crippen LogP contribution >= 0.6 is 0 Å². The molecule has 2 heterocycles. The van der Waals surface area contributed by atoms with Crippen molar-refractivity contribution in [2.45, 2.75) is 32.7 Å². The van der Waals surface area contributed by atoms with Crippen LogP contribution in [0.15, 0.2) is 6.07 Å². The first-order chi connectivity index (χ1) is 9.08. The molecule has 0 aromatic carbocycles. The molecule has 5 nitrogen and oxygen atoms in total. The molecule has 1 fully saturated rings. The third-order valence-corrected chi connectivity index (χ3v) is 3.51. The summed E-state index contributed by atoms with van der Waals surface area (Å²) in [6.45, 7) is 4.58. The number of likely N-dealkylation sites (N-methyl/N-ethyl adjacent to an activating group) is 1. The molecular weight excluding hydrogens is 240 g/mol. The first kappa shape index (κ1) is 13.3. The lowest BCUT2D eigenvalue weighted by molar-refractivity contribution is -0.121. The number of rotatable bonds is 2. The Labute approximate surface area is 113 Å². The number of amides is 1. The van der Waals surface area contributed by atoms with Crippen LogP contribution in [0.1, 0.15) is 29.7 Å². The first-order valence-corrected chi connectivity index (χ1v) is 6.45. The Morgan fingerprint density at radius 1 is 1.58 bits per heavy atom. The number of anilines is 1. The molecular formula is C14H18N4O. The van der Waals surface area contributed by atoms with E-state index in [0.717, 1.165) is 30.6 Å². The van der Waals surface area contributed by atoms with Gasteiger partial charge in [-0.3, -0.25) is 4.79 Å². The van der Waals surface area contributed by atoms with Gasteiger partial charge in [-0.2, -0.15) is 5.26 Å². The van der Waals surface area contributed by atoms with E-state index in [1.807, 2.05) is 24.8 Å². The smallest absolute Gasteiger partial charge is 0.242 e. The van der Waals surface area contributed by atoms with Crippen LogP contribution in [0.2, 0.25) is 0 Å². The van der Waals surface area contributed by atoms with Crippen molar-refractivity contribution in [1.29, 1.82) is 5.26 Å². The van der Waals surface area contributed by atoms with Gasteiger partial charge in [0.2, 0.25) is 5.91 Å². The van der Waals surface area contributed by atoms with E-state index in [9.17, 15) is 10.1 Å². The fraction of sp³-hybridized carbons (Fsp3) is 0.500. The van der Waals surface area contributed by atoms with Gasteiger partial charge in [0.25, 0.3) is 0 Å². The second-order valence-electron chi connectivity index (χ2n) is 4.86. The maximum absolute atomic E-state index is 11.9. The molecule has 19 heavy (non-hydrogen) atoms. The second-order valence-corrected chi connectivity index (χ2v) is 4.86. The Kier molecular flexibility index (Phi) is 3.70. The van der Waals surface area contributed by atoms with Crippen molar-refractivity contribution in [2.24, 2.45) is 0 Å². The largest absolute Gasteiger partial charge is 0.357 e. The Balaban J connectivity index is 2.46. The number of carbonyl (C=O) groups excluding carboxylic acids is 1. The monoisotopic (exact) mass is 258 g/mol. The quantitative estimate of drug-likeness (QED) is 0.867. The van der Waals surface area contributed by atoms with E-state index < -0.39 is 0 Å². The standard InChI is InChI=1S/C14H18N4O/c1-9-7-10(2)17-13(11(9)8-15)18-6-4-5-12(18)14(19)16-3/h7,12H,4-6H2,1-3H3,(H,16,19). The molecule has 1 aromatic rings. The first-order valence-electron chi connectivity index (χ1n) is 6.45. The van der Waals surface area contributed by atoms with E-state index in [4.69, 9.17) is 0 Å². The highest BCUT2D eigenvalue weighted by atomic mass is 16.2. The van der Waals surface area contributed by atoms with Gasteiger partial charge in [0.05, 0.1) is 5.56 Å². The number of nitrogens with zero attached hydrogens (tertiary/aromatic N) is 3. The Morgan fingerprint density at radius 3 is 2.95 bits per heavy atom. The SMILES string of the molecule is CNC(=O)C1CCCN1c1nc(C)cc(C)c1C#N. The Morgan fingerprint density at radius 2 is 2.32 bits per heavy atom. The average Bonchev–Trinajstić information content (AvgIpc) is 2.86. The zero-order valence-corrected chi connectivity index (χ0v) is 11.5. The number of nitrogens with one attached hydrogen (secondary N) is 1. The molecule has 1 aromatic heterocycles. The summed E-state index contributed by atoms with van der Waals surface area (Å²) in [5.74, 6) is 0.633. The molecule has 1 atom stereocenters. The van der Waals surface area contributed by atoms with Crippen LogP contribution in [-0.4, -0.2) is 30.5 Å². The van der Waals surface area contributed by atoms with Crippen molar-refractivity contribution in [1.82, 2.24) is 10.3 Å². The molecule has 0 saturated carbocycles. The van der Waals surface area contributed by atoms with Gasteiger partial charge in [-0.15, -0.1) is 0 Å². The summed E-state index contributed by atoms with van der Waals surface area (Å²) in [4.78, 5) is 18.3. The zero-order valence-electron chi connectivity index (χ0n) is 11.5. The number of aryl methyl sites for hydroxylation is 2. The van der Waals surface area contributed by atoms with Crippen LogP contribution in [-0.2, 0) is 4.79 Å². The zero-order chi connectivity index (χ0) is 14.0. The van der Waals surface area contributed by atoms with E-state index in [-0.39, 0.29) is 11.9 Å². The highest BCUT2D eigenvalue weighted by molar-refractivity contribution is 5.85. The molecule has 1 amide bonds. The van der Waals surface area contributed by atoms with E-state index in [0.29, 0.717) is 11.4 Å². The summed E-state index contributed by atoms with van der Waals surface area (Å²) in [5, 5.41) is 12.0. The highest BCUT2D eigenvalue weighted by Crippen LogP contribution is 2.28. The van der Waals surface area contributed by atoms with Gasteiger partial charge in [-0.1, -0.05) is 0 Å². The van der Waals surface area contributed by atoms with Crippen molar-refractivity contribution >= 4 is 11.7 Å². The van der Waals surface area contributed by atoms with Gasteiger partial charge in [-0.25, -0.2) is 4.98 Å². The van der Waals surface area contributed by atoms with Crippen LogP contribution in [0.25, 0.3) is 0 Å². The summed E-state index contributed by atoms with van der Waals surface area (Å²) < 4.78 is 0. The fourth-order valence-corrected chi connectivity index (χ4v) is 2.62. The number of pyridine rings is 1. The Bertz CT molecular complexity index is 547. The Hall–Kier alpha value is -2.09. The van der Waals surface area contributed by atoms with Gasteiger partial charge < -0.3 is 10.2 Å². The van der Waals surface area contributed by atoms with Gasteiger partial charge in [-0.05, 0) is 38.3 Å². The number of nitriles is 1. The van der Waals surface area contributed by atoms with Gasteiger partial charge in [0, 0.05) is 19.3 Å². The summed E-state index contributed by atoms with van der Waals surface area (Å²) >= 11 is 0. The molecule has 0 bridgehead atoms. The lowest BCUT2D eigenvalue weighted by Gasteiger charge is -2.26. The van der Waals surface area contributed by atoms with Gasteiger partial charge >= 0.3 is 0 Å². The van der Waals surface area contributed by atoms with E-state index in [1.165, 1.54) is 0 Å². The second kappa shape index (κ2) is 5.27. The molecule has 0 aliphatic carbocycles. The van der Waals surface area contributed by atoms with Crippen LogP contribution in [0.4, 0.5) is 5.82 Å². The van der Waals surface area contributed by atoms with Crippen molar-refractivity contribution in [3.8, 4) is 6.07 Å². The summed E-state index contributed by atoms with van der Waals surface area (Å²) in [6, 6.07) is 3.89.